The van der Waals surface area contributed by atoms with Gasteiger partial charge in [-0.1, -0.05) is 23.4 Å². The molecule has 0 aliphatic carbocycles. The highest BCUT2D eigenvalue weighted by Crippen LogP contribution is 2.38. The fourth-order valence-electron chi connectivity index (χ4n) is 3.37. The van der Waals surface area contributed by atoms with Gasteiger partial charge in [0.05, 0.1) is 12.2 Å². The summed E-state index contributed by atoms with van der Waals surface area (Å²) in [5.74, 6) is -1.36. The predicted octanol–water partition coefficient (Wildman–Crippen LogP) is -0.529. The number of carboxylic acid groups (broad SMARTS) is 1. The van der Waals surface area contributed by atoms with Gasteiger partial charge in [-0.3, -0.25) is 14.3 Å². The highest BCUT2D eigenvalue weighted by molar-refractivity contribution is 7.99. The molecule has 31 heavy (non-hydrogen) atoms. The number of nitrogens with one attached hydrogen (secondary N) is 1. The average Bonchev–Trinajstić information content (AvgIpc) is 3.20. The maximum Gasteiger partial charge on any atom is 0.336 e. The lowest BCUT2D eigenvalue weighted by atomic mass is 10.1. The predicted molar refractivity (Wildman–Crippen MR) is 108 cm³/mol. The first-order valence-electron chi connectivity index (χ1n) is 9.13. The van der Waals surface area contributed by atoms with Gasteiger partial charge in [-0.15, -0.1) is 0 Å². The number of aliphatic hydroxyl groups is 3. The Kier molecular flexibility index (Phi) is 5.45. The van der Waals surface area contributed by atoms with E-state index >= 15 is 0 Å². The molecule has 0 radical (unpaired) electrons. The van der Waals surface area contributed by atoms with E-state index in [0.29, 0.717) is 4.90 Å². The Morgan fingerprint density at radius 1 is 1.32 bits per heavy atom. The Bertz CT molecular complexity index is 1230. The number of hydrogen-bond acceptors (Lipinski definition) is 10. The Balaban J connectivity index is 1.91. The largest absolute Gasteiger partial charge is 0.478 e. The van der Waals surface area contributed by atoms with Gasteiger partial charge in [-0.05, 0) is 19.1 Å². The first-order chi connectivity index (χ1) is 14.7. The summed E-state index contributed by atoms with van der Waals surface area (Å²) in [6.07, 6.45) is -5.22. The lowest BCUT2D eigenvalue weighted by Gasteiger charge is -2.19. The lowest BCUT2D eigenvalue weighted by Crippen LogP contribution is -2.33. The zero-order valence-electron chi connectivity index (χ0n) is 16.1. The summed E-state index contributed by atoms with van der Waals surface area (Å²) in [6, 6.07) is 4.81. The Morgan fingerprint density at radius 3 is 2.71 bits per heavy atom. The van der Waals surface area contributed by atoms with Gasteiger partial charge in [0.2, 0.25) is 5.95 Å². The van der Waals surface area contributed by atoms with E-state index in [-0.39, 0.29) is 27.8 Å². The summed E-state index contributed by atoms with van der Waals surface area (Å²) >= 11 is 0.919. The molecule has 12 nitrogen and oxygen atoms in total. The second kappa shape index (κ2) is 7.94. The van der Waals surface area contributed by atoms with Crippen LogP contribution in [-0.4, -0.2) is 70.8 Å². The van der Waals surface area contributed by atoms with Crippen LogP contribution in [0, 0.1) is 6.92 Å². The molecule has 4 atom stereocenters. The van der Waals surface area contributed by atoms with Gasteiger partial charge < -0.3 is 30.9 Å². The van der Waals surface area contributed by atoms with Crippen LogP contribution in [0.1, 0.15) is 22.1 Å². The van der Waals surface area contributed by atoms with Crippen molar-refractivity contribution < 1.29 is 30.0 Å². The van der Waals surface area contributed by atoms with Crippen LogP contribution in [0.3, 0.4) is 0 Å². The van der Waals surface area contributed by atoms with Crippen LogP contribution in [0.2, 0.25) is 0 Å². The topological polar surface area (TPSA) is 197 Å². The van der Waals surface area contributed by atoms with Crippen LogP contribution in [0.25, 0.3) is 11.2 Å². The fourth-order valence-corrected chi connectivity index (χ4v) is 4.39. The van der Waals surface area contributed by atoms with Crippen molar-refractivity contribution in [2.75, 3.05) is 12.3 Å². The lowest BCUT2D eigenvalue weighted by molar-refractivity contribution is -0.0548. The number of fused-ring (bicyclic) bond motifs is 1. The molecule has 164 valence electrons. The molecule has 1 fully saturated rings. The third-order valence-corrected chi connectivity index (χ3v) is 5.92. The number of aryl methyl sites for hydroxylation is 1. The number of anilines is 1. The number of carboxylic acids is 1. The highest BCUT2D eigenvalue weighted by atomic mass is 32.2. The van der Waals surface area contributed by atoms with E-state index in [4.69, 9.17) is 10.5 Å². The molecule has 0 spiro atoms. The van der Waals surface area contributed by atoms with E-state index in [9.17, 15) is 30.0 Å². The highest BCUT2D eigenvalue weighted by Gasteiger charge is 2.45. The van der Waals surface area contributed by atoms with Crippen molar-refractivity contribution in [2.24, 2.45) is 0 Å². The number of H-pyrrole nitrogens is 1. The zero-order chi connectivity index (χ0) is 22.4. The molecule has 0 bridgehead atoms. The summed E-state index contributed by atoms with van der Waals surface area (Å²) < 4.78 is 6.86. The number of ether oxygens (including phenoxy) is 1. The minimum Gasteiger partial charge on any atom is -0.478 e. The quantitative estimate of drug-likeness (QED) is 0.293. The van der Waals surface area contributed by atoms with Gasteiger partial charge in [-0.25, -0.2) is 9.78 Å². The molecule has 1 aromatic carbocycles. The first kappa shape index (κ1) is 21.3. The normalized spacial score (nSPS) is 23.5. The summed E-state index contributed by atoms with van der Waals surface area (Å²) in [6.45, 7) is 1.20. The maximum absolute atomic E-state index is 12.4. The summed E-state index contributed by atoms with van der Waals surface area (Å²) in [7, 11) is 0. The molecule has 3 aromatic rings. The van der Waals surface area contributed by atoms with Crippen molar-refractivity contribution in [1.29, 1.82) is 0 Å². The van der Waals surface area contributed by atoms with Crippen LogP contribution in [0.4, 0.5) is 5.95 Å². The van der Waals surface area contributed by atoms with Crippen molar-refractivity contribution in [3.8, 4) is 0 Å². The van der Waals surface area contributed by atoms with Gasteiger partial charge in [0.1, 0.15) is 18.3 Å². The summed E-state index contributed by atoms with van der Waals surface area (Å²) in [4.78, 5) is 35.1. The van der Waals surface area contributed by atoms with Crippen LogP contribution in [0.15, 0.2) is 33.0 Å². The van der Waals surface area contributed by atoms with Crippen molar-refractivity contribution in [3.63, 3.8) is 0 Å². The minimum absolute atomic E-state index is 0.0196. The van der Waals surface area contributed by atoms with E-state index in [1.54, 1.807) is 19.1 Å². The molecule has 2 aromatic heterocycles. The number of carbonyl (C=O) groups is 1. The Morgan fingerprint density at radius 2 is 2.06 bits per heavy atom. The monoisotopic (exact) mass is 449 g/mol. The fraction of sp³-hybridized carbons (Fsp3) is 0.333. The summed E-state index contributed by atoms with van der Waals surface area (Å²) in [5, 5.41) is 39.7. The molecule has 1 aliphatic heterocycles. The number of nitrogens with zero attached hydrogens (tertiary/aromatic N) is 3. The molecule has 0 amide bonds. The molecular weight excluding hydrogens is 430 g/mol. The van der Waals surface area contributed by atoms with Crippen LogP contribution in [0.5, 0.6) is 0 Å². The number of aromatic amines is 1. The third kappa shape index (κ3) is 3.66. The molecule has 13 heteroatoms. The zero-order valence-corrected chi connectivity index (χ0v) is 16.9. The number of nitrogens with two attached hydrogens (primary N) is 1. The molecule has 0 saturated carbocycles. The van der Waals surface area contributed by atoms with Crippen molar-refractivity contribution in [2.45, 2.75) is 41.5 Å². The van der Waals surface area contributed by atoms with E-state index < -0.39 is 42.7 Å². The van der Waals surface area contributed by atoms with Crippen molar-refractivity contribution in [3.05, 3.63) is 39.7 Å². The third-order valence-electron chi connectivity index (χ3n) is 4.87. The second-order valence-electron chi connectivity index (χ2n) is 7.02. The van der Waals surface area contributed by atoms with Gasteiger partial charge in [0.25, 0.3) is 5.56 Å². The molecule has 7 N–H and O–H groups in total. The molecule has 4 rings (SSSR count). The smallest absolute Gasteiger partial charge is 0.336 e. The van der Waals surface area contributed by atoms with Crippen molar-refractivity contribution in [1.82, 2.24) is 19.5 Å². The van der Waals surface area contributed by atoms with Gasteiger partial charge >= 0.3 is 5.97 Å². The van der Waals surface area contributed by atoms with E-state index in [1.807, 2.05) is 0 Å². The molecule has 1 saturated heterocycles. The van der Waals surface area contributed by atoms with Gasteiger partial charge in [0.15, 0.2) is 22.5 Å². The van der Waals surface area contributed by atoms with Crippen LogP contribution < -0.4 is 11.3 Å². The van der Waals surface area contributed by atoms with Gasteiger partial charge in [0, 0.05) is 4.90 Å². The number of aromatic nitrogens is 4. The number of imidazole rings is 1. The number of aliphatic hydroxyl groups excluding tert-OH is 3. The SMILES string of the molecule is Cc1ccc(Sc2nc3c(=O)[nH]c(N)nc3n2[C@@H]2O[C@H](CO)[C@@H](O)[C@H]2O)c(C(=O)O)c1. The molecular formula is C18H19N5O7S. The average molecular weight is 449 g/mol. The molecule has 0 unspecified atom stereocenters. The Labute approximate surface area is 178 Å². The van der Waals surface area contributed by atoms with E-state index in [2.05, 4.69) is 15.0 Å². The Hall–Kier alpha value is -2.97. The molecule has 1 aliphatic rings. The number of nitrogen functional groups attached to an aromatic ring is 1. The van der Waals surface area contributed by atoms with Crippen LogP contribution in [-0.2, 0) is 4.74 Å². The van der Waals surface area contributed by atoms with Crippen molar-refractivity contribution >= 4 is 34.8 Å². The number of hydrogen-bond donors (Lipinski definition) is 6. The van der Waals surface area contributed by atoms with Crippen LogP contribution >= 0.6 is 11.8 Å². The number of aromatic carboxylic acids is 1. The first-order valence-corrected chi connectivity index (χ1v) is 9.95. The number of rotatable bonds is 5. The maximum atomic E-state index is 12.4. The molecule has 3 heterocycles. The van der Waals surface area contributed by atoms with Gasteiger partial charge in [-0.2, -0.15) is 4.98 Å². The number of benzene rings is 1. The summed E-state index contributed by atoms with van der Waals surface area (Å²) in [5.41, 5.74) is 5.65. The standard InChI is InChI=1S/C18H19N5O7S/c1-6-2-3-9(7(4-6)16(28)29)31-18-20-10-13(21-17(19)22-14(10)27)23(18)15-12(26)11(25)8(5-24)30-15/h2-4,8,11-12,15,24-26H,5H2,1H3,(H,28,29)(H3,19,21,22,27)/t8-,11-,12-,15-/m1/s1. The second-order valence-corrected chi connectivity index (χ2v) is 8.03. The van der Waals surface area contributed by atoms with E-state index in [0.717, 1.165) is 17.3 Å². The van der Waals surface area contributed by atoms with E-state index in [1.165, 1.54) is 10.6 Å². The minimum atomic E-state index is -1.48.